The summed E-state index contributed by atoms with van der Waals surface area (Å²) in [6.45, 7) is 3.65. The van der Waals surface area contributed by atoms with Gasteiger partial charge in [-0.3, -0.25) is 4.79 Å². The van der Waals surface area contributed by atoms with E-state index in [2.05, 4.69) is 11.4 Å². The number of hydrogen-bond acceptors (Lipinski definition) is 4. The van der Waals surface area contributed by atoms with Crippen LogP contribution >= 0.6 is 11.8 Å². The zero-order valence-electron chi connectivity index (χ0n) is 12.1. The van der Waals surface area contributed by atoms with Gasteiger partial charge in [0.15, 0.2) is 6.10 Å². The summed E-state index contributed by atoms with van der Waals surface area (Å²) in [6.07, 6.45) is 2.88. The molecule has 0 heterocycles. The van der Waals surface area contributed by atoms with Gasteiger partial charge in [-0.2, -0.15) is 5.26 Å². The Morgan fingerprint density at radius 3 is 2.60 bits per heavy atom. The minimum absolute atomic E-state index is 0.265. The van der Waals surface area contributed by atoms with Crippen molar-refractivity contribution in [3.05, 3.63) is 24.3 Å². The van der Waals surface area contributed by atoms with Crippen molar-refractivity contribution in [2.75, 3.05) is 6.26 Å². The van der Waals surface area contributed by atoms with Gasteiger partial charge >= 0.3 is 0 Å². The number of ether oxygens (including phenoxy) is 1. The summed E-state index contributed by atoms with van der Waals surface area (Å²) in [6, 6.07) is 9.19. The van der Waals surface area contributed by atoms with Crippen molar-refractivity contribution >= 4 is 17.7 Å². The number of nitrogens with one attached hydrogen (secondary N) is 1. The van der Waals surface area contributed by atoms with E-state index in [1.165, 1.54) is 0 Å². The molecule has 0 saturated heterocycles. The molecular formula is C15H20N2O2S. The van der Waals surface area contributed by atoms with E-state index in [1.807, 2.05) is 37.4 Å². The second kappa shape index (κ2) is 8.49. The Labute approximate surface area is 124 Å². The highest BCUT2D eigenvalue weighted by Gasteiger charge is 2.18. The third kappa shape index (κ3) is 5.14. The van der Waals surface area contributed by atoms with E-state index in [0.717, 1.165) is 11.3 Å². The van der Waals surface area contributed by atoms with Gasteiger partial charge in [0.25, 0.3) is 5.91 Å². The fourth-order valence-electron chi connectivity index (χ4n) is 1.66. The first-order valence-corrected chi connectivity index (χ1v) is 7.83. The van der Waals surface area contributed by atoms with Crippen LogP contribution in [0.2, 0.25) is 0 Å². The number of hydrogen-bond donors (Lipinski definition) is 1. The van der Waals surface area contributed by atoms with Gasteiger partial charge < -0.3 is 10.1 Å². The Morgan fingerprint density at radius 2 is 2.10 bits per heavy atom. The number of thioether (sulfide) groups is 1. The standard InChI is InChI=1S/C15H20N2O2S/c1-4-5-12(10-16)17-15(18)11(2)19-13-6-8-14(20-3)9-7-13/h6-9,11-12H,4-5H2,1-3H3,(H,17,18)/t11-,12+/m1/s1. The Bertz CT molecular complexity index is 468. The van der Waals surface area contributed by atoms with Gasteiger partial charge in [0, 0.05) is 4.90 Å². The molecule has 1 amide bonds. The second-order valence-corrected chi connectivity index (χ2v) is 5.29. The highest BCUT2D eigenvalue weighted by molar-refractivity contribution is 7.98. The maximum Gasteiger partial charge on any atom is 0.261 e. The molecule has 1 rings (SSSR count). The normalized spacial score (nSPS) is 13.1. The topological polar surface area (TPSA) is 62.1 Å². The van der Waals surface area contributed by atoms with Gasteiger partial charge in [-0.15, -0.1) is 11.8 Å². The molecule has 0 unspecified atom stereocenters. The Kier molecular flexibility index (Phi) is 6.96. The maximum atomic E-state index is 11.9. The Hall–Kier alpha value is -1.67. The van der Waals surface area contributed by atoms with Crippen molar-refractivity contribution in [1.82, 2.24) is 5.32 Å². The van der Waals surface area contributed by atoms with Crippen LogP contribution in [-0.2, 0) is 4.79 Å². The summed E-state index contributed by atoms with van der Waals surface area (Å²) in [7, 11) is 0. The van der Waals surface area contributed by atoms with Crippen molar-refractivity contribution in [3.63, 3.8) is 0 Å². The molecule has 0 aromatic heterocycles. The number of benzene rings is 1. The number of nitriles is 1. The number of amides is 1. The molecule has 5 heteroatoms. The predicted molar refractivity (Wildman–Crippen MR) is 80.8 cm³/mol. The maximum absolute atomic E-state index is 11.9. The second-order valence-electron chi connectivity index (χ2n) is 4.41. The summed E-state index contributed by atoms with van der Waals surface area (Å²) >= 11 is 1.65. The molecule has 0 aliphatic heterocycles. The molecule has 108 valence electrons. The van der Waals surface area contributed by atoms with Crippen LogP contribution in [0.1, 0.15) is 26.7 Å². The molecule has 1 aromatic rings. The molecule has 0 radical (unpaired) electrons. The van der Waals surface area contributed by atoms with E-state index in [9.17, 15) is 4.79 Å². The first-order valence-electron chi connectivity index (χ1n) is 6.61. The number of carbonyl (C=O) groups excluding carboxylic acids is 1. The molecule has 1 N–H and O–H groups in total. The van der Waals surface area contributed by atoms with Crippen LogP contribution in [0, 0.1) is 11.3 Å². The minimum atomic E-state index is -0.622. The van der Waals surface area contributed by atoms with Crippen LogP contribution in [-0.4, -0.2) is 24.3 Å². The molecular weight excluding hydrogens is 272 g/mol. The molecule has 0 spiro atoms. The molecule has 20 heavy (non-hydrogen) atoms. The SMILES string of the molecule is CCC[C@@H](C#N)NC(=O)[C@@H](C)Oc1ccc(SC)cc1. The van der Waals surface area contributed by atoms with E-state index in [-0.39, 0.29) is 5.91 Å². The van der Waals surface area contributed by atoms with Gasteiger partial charge in [0.1, 0.15) is 11.8 Å². The molecule has 0 fully saturated rings. The molecule has 0 bridgehead atoms. The zero-order valence-corrected chi connectivity index (χ0v) is 12.9. The van der Waals surface area contributed by atoms with Gasteiger partial charge in [-0.25, -0.2) is 0 Å². The monoisotopic (exact) mass is 292 g/mol. The van der Waals surface area contributed by atoms with Crippen LogP contribution in [0.25, 0.3) is 0 Å². The highest BCUT2D eigenvalue weighted by Crippen LogP contribution is 2.19. The van der Waals surface area contributed by atoms with E-state index in [1.54, 1.807) is 18.7 Å². The Morgan fingerprint density at radius 1 is 1.45 bits per heavy atom. The van der Waals surface area contributed by atoms with Gasteiger partial charge in [-0.05, 0) is 43.9 Å². The number of rotatable bonds is 7. The lowest BCUT2D eigenvalue weighted by Crippen LogP contribution is -2.41. The summed E-state index contributed by atoms with van der Waals surface area (Å²) in [5.41, 5.74) is 0. The van der Waals surface area contributed by atoms with Crippen LogP contribution < -0.4 is 10.1 Å². The lowest BCUT2D eigenvalue weighted by atomic mass is 10.2. The fourth-order valence-corrected chi connectivity index (χ4v) is 2.07. The van der Waals surface area contributed by atoms with Crippen molar-refractivity contribution in [3.8, 4) is 11.8 Å². The first kappa shape index (κ1) is 16.4. The van der Waals surface area contributed by atoms with Crippen LogP contribution in [0.4, 0.5) is 0 Å². The lowest BCUT2D eigenvalue weighted by molar-refractivity contribution is -0.127. The molecule has 0 saturated carbocycles. The largest absolute Gasteiger partial charge is 0.481 e. The van der Waals surface area contributed by atoms with Crippen molar-refractivity contribution < 1.29 is 9.53 Å². The van der Waals surface area contributed by atoms with E-state index in [0.29, 0.717) is 12.2 Å². The Balaban J connectivity index is 2.54. The average molecular weight is 292 g/mol. The molecule has 1 aromatic carbocycles. The quantitative estimate of drug-likeness (QED) is 0.785. The van der Waals surface area contributed by atoms with E-state index < -0.39 is 12.1 Å². The van der Waals surface area contributed by atoms with Crippen LogP contribution in [0.5, 0.6) is 5.75 Å². The number of carbonyl (C=O) groups is 1. The fraction of sp³-hybridized carbons (Fsp3) is 0.467. The van der Waals surface area contributed by atoms with E-state index >= 15 is 0 Å². The van der Waals surface area contributed by atoms with Crippen molar-refractivity contribution in [2.24, 2.45) is 0 Å². The summed E-state index contributed by atoms with van der Waals surface area (Å²) in [4.78, 5) is 13.1. The molecule has 2 atom stereocenters. The molecule has 4 nitrogen and oxygen atoms in total. The van der Waals surface area contributed by atoms with Crippen LogP contribution in [0.15, 0.2) is 29.2 Å². The highest BCUT2D eigenvalue weighted by atomic mass is 32.2. The predicted octanol–water partition coefficient (Wildman–Crippen LogP) is 2.98. The van der Waals surface area contributed by atoms with Crippen LogP contribution in [0.3, 0.4) is 0 Å². The van der Waals surface area contributed by atoms with E-state index in [4.69, 9.17) is 10.00 Å². The van der Waals surface area contributed by atoms with Gasteiger partial charge in [0.2, 0.25) is 0 Å². The third-order valence-electron chi connectivity index (χ3n) is 2.79. The minimum Gasteiger partial charge on any atom is -0.481 e. The smallest absolute Gasteiger partial charge is 0.261 e. The van der Waals surface area contributed by atoms with Crippen molar-refractivity contribution in [2.45, 2.75) is 43.7 Å². The average Bonchev–Trinajstić information content (AvgIpc) is 2.47. The lowest BCUT2D eigenvalue weighted by Gasteiger charge is -2.17. The molecule has 0 aliphatic rings. The van der Waals surface area contributed by atoms with Crippen molar-refractivity contribution in [1.29, 1.82) is 5.26 Å². The summed E-state index contributed by atoms with van der Waals surface area (Å²) in [5.74, 6) is 0.383. The number of nitrogens with zero attached hydrogens (tertiary/aromatic N) is 1. The summed E-state index contributed by atoms with van der Waals surface area (Å²) < 4.78 is 5.57. The summed E-state index contributed by atoms with van der Waals surface area (Å²) in [5, 5.41) is 11.6. The van der Waals surface area contributed by atoms with Gasteiger partial charge in [0.05, 0.1) is 6.07 Å². The zero-order chi connectivity index (χ0) is 15.0. The first-order chi connectivity index (χ1) is 9.60. The van der Waals surface area contributed by atoms with Gasteiger partial charge in [-0.1, -0.05) is 13.3 Å². The molecule has 0 aliphatic carbocycles. The third-order valence-corrected chi connectivity index (χ3v) is 3.53.